The smallest absolute Gasteiger partial charge is 0.0402 e. The molecule has 0 saturated heterocycles. The van der Waals surface area contributed by atoms with Gasteiger partial charge in [0.25, 0.3) is 0 Å². The fraction of sp³-hybridized carbons (Fsp3) is 0.600. The molecule has 1 aromatic carbocycles. The van der Waals surface area contributed by atoms with Crippen molar-refractivity contribution in [2.45, 2.75) is 34.6 Å². The lowest BCUT2D eigenvalue weighted by molar-refractivity contribution is 0.318. The van der Waals surface area contributed by atoms with Gasteiger partial charge in [-0.1, -0.05) is 35.9 Å². The molecule has 19 heavy (non-hydrogen) atoms. The SMILES string of the molecule is CCO.CCO.CCO.CCO.Cc1ccccc1. The zero-order chi connectivity index (χ0) is 15.9. The van der Waals surface area contributed by atoms with Gasteiger partial charge in [0.15, 0.2) is 0 Å². The minimum atomic E-state index is 0.250. The average molecular weight is 276 g/mol. The highest BCUT2D eigenvalue weighted by atomic mass is 16.3. The summed E-state index contributed by atoms with van der Waals surface area (Å²) in [7, 11) is 0. The Labute approximate surface area is 118 Å². The van der Waals surface area contributed by atoms with Crippen LogP contribution in [0.15, 0.2) is 30.3 Å². The van der Waals surface area contributed by atoms with Crippen LogP contribution >= 0.6 is 0 Å². The predicted molar refractivity (Wildman–Crippen MR) is 82.2 cm³/mol. The molecular weight excluding hydrogens is 244 g/mol. The molecule has 0 bridgehead atoms. The molecule has 0 aliphatic heterocycles. The van der Waals surface area contributed by atoms with Gasteiger partial charge in [-0.25, -0.2) is 0 Å². The summed E-state index contributed by atoms with van der Waals surface area (Å²) in [5.74, 6) is 0. The molecule has 0 saturated carbocycles. The van der Waals surface area contributed by atoms with Crippen LogP contribution in [-0.2, 0) is 0 Å². The summed E-state index contributed by atoms with van der Waals surface area (Å²) >= 11 is 0. The monoisotopic (exact) mass is 276 g/mol. The van der Waals surface area contributed by atoms with E-state index in [1.54, 1.807) is 27.7 Å². The van der Waals surface area contributed by atoms with Crippen molar-refractivity contribution in [2.75, 3.05) is 26.4 Å². The molecular formula is C15H32O4. The van der Waals surface area contributed by atoms with Crippen LogP contribution in [0.3, 0.4) is 0 Å². The third kappa shape index (κ3) is 77.6. The van der Waals surface area contributed by atoms with Crippen LogP contribution in [0.2, 0.25) is 0 Å². The Morgan fingerprint density at radius 3 is 0.947 bits per heavy atom. The minimum Gasteiger partial charge on any atom is -0.397 e. The van der Waals surface area contributed by atoms with Gasteiger partial charge in [0.2, 0.25) is 0 Å². The van der Waals surface area contributed by atoms with Crippen LogP contribution in [0, 0.1) is 6.92 Å². The van der Waals surface area contributed by atoms with Gasteiger partial charge in [0, 0.05) is 26.4 Å². The predicted octanol–water partition coefficient (Wildman–Crippen LogP) is 1.99. The van der Waals surface area contributed by atoms with E-state index in [1.165, 1.54) is 5.56 Å². The molecule has 0 aliphatic carbocycles. The van der Waals surface area contributed by atoms with Gasteiger partial charge in [-0.3, -0.25) is 0 Å². The Kier molecular flexibility index (Phi) is 50.3. The molecule has 4 N–H and O–H groups in total. The molecule has 4 nitrogen and oxygen atoms in total. The number of aliphatic hydroxyl groups excluding tert-OH is 4. The van der Waals surface area contributed by atoms with E-state index in [-0.39, 0.29) is 26.4 Å². The molecule has 0 fully saturated rings. The molecule has 0 spiro atoms. The normalized spacial score (nSPS) is 7.00. The largest absolute Gasteiger partial charge is 0.397 e. The van der Waals surface area contributed by atoms with E-state index in [0.717, 1.165) is 0 Å². The molecule has 0 heterocycles. The van der Waals surface area contributed by atoms with Crippen LogP contribution in [0.4, 0.5) is 0 Å². The zero-order valence-corrected chi connectivity index (χ0v) is 13.0. The van der Waals surface area contributed by atoms with Gasteiger partial charge in [0.1, 0.15) is 0 Å². The maximum Gasteiger partial charge on any atom is 0.0402 e. The van der Waals surface area contributed by atoms with E-state index in [1.807, 2.05) is 18.2 Å². The van der Waals surface area contributed by atoms with Gasteiger partial charge >= 0.3 is 0 Å². The highest BCUT2D eigenvalue weighted by Crippen LogP contribution is 1.92. The lowest BCUT2D eigenvalue weighted by atomic mass is 10.2. The molecule has 116 valence electrons. The van der Waals surface area contributed by atoms with Crippen molar-refractivity contribution in [3.8, 4) is 0 Å². The van der Waals surface area contributed by atoms with Gasteiger partial charge in [0.05, 0.1) is 0 Å². The number of hydrogen-bond acceptors (Lipinski definition) is 4. The summed E-state index contributed by atoms with van der Waals surface area (Å²) in [5.41, 5.74) is 1.32. The third-order valence-electron chi connectivity index (χ3n) is 0.940. The lowest BCUT2D eigenvalue weighted by Crippen LogP contribution is -1.62. The highest BCUT2D eigenvalue weighted by Gasteiger charge is 1.72. The van der Waals surface area contributed by atoms with Gasteiger partial charge in [-0.2, -0.15) is 0 Å². The van der Waals surface area contributed by atoms with Crippen molar-refractivity contribution in [1.29, 1.82) is 0 Å². The fourth-order valence-electron chi connectivity index (χ4n) is 0.534. The Bertz CT molecular complexity index is 183. The van der Waals surface area contributed by atoms with Crippen molar-refractivity contribution in [1.82, 2.24) is 0 Å². The molecule has 1 aromatic rings. The van der Waals surface area contributed by atoms with Crippen LogP contribution in [0.1, 0.15) is 33.3 Å². The number of aliphatic hydroxyl groups is 4. The molecule has 0 amide bonds. The summed E-state index contributed by atoms with van der Waals surface area (Å²) in [6.45, 7) is 9.81. The second-order valence-electron chi connectivity index (χ2n) is 2.92. The second kappa shape index (κ2) is 36.0. The van der Waals surface area contributed by atoms with Crippen LogP contribution < -0.4 is 0 Å². The Morgan fingerprint density at radius 2 is 0.842 bits per heavy atom. The molecule has 4 heteroatoms. The summed E-state index contributed by atoms with van der Waals surface area (Å²) < 4.78 is 0. The van der Waals surface area contributed by atoms with Crippen molar-refractivity contribution in [2.24, 2.45) is 0 Å². The Balaban J connectivity index is -0.0000000812. The zero-order valence-electron chi connectivity index (χ0n) is 13.0. The van der Waals surface area contributed by atoms with Crippen LogP contribution in [0.5, 0.6) is 0 Å². The molecule has 0 atom stereocenters. The molecule has 0 aliphatic rings. The first-order chi connectivity index (χ1) is 9.05. The van der Waals surface area contributed by atoms with Crippen molar-refractivity contribution < 1.29 is 20.4 Å². The fourth-order valence-corrected chi connectivity index (χ4v) is 0.534. The average Bonchev–Trinajstić information content (AvgIpc) is 2.34. The number of rotatable bonds is 0. The highest BCUT2D eigenvalue weighted by molar-refractivity contribution is 5.11. The first-order valence-electron chi connectivity index (χ1n) is 6.50. The Hall–Kier alpha value is -0.940. The van der Waals surface area contributed by atoms with Gasteiger partial charge in [-0.05, 0) is 34.6 Å². The van der Waals surface area contributed by atoms with Crippen molar-refractivity contribution in [3.05, 3.63) is 35.9 Å². The summed E-state index contributed by atoms with van der Waals surface area (Å²) in [5, 5.41) is 30.3. The van der Waals surface area contributed by atoms with E-state index in [4.69, 9.17) is 20.4 Å². The Morgan fingerprint density at radius 1 is 0.632 bits per heavy atom. The maximum atomic E-state index is 7.57. The molecule has 0 radical (unpaired) electrons. The van der Waals surface area contributed by atoms with E-state index >= 15 is 0 Å². The van der Waals surface area contributed by atoms with E-state index in [2.05, 4.69) is 19.1 Å². The first-order valence-corrected chi connectivity index (χ1v) is 6.50. The number of aryl methyl sites for hydroxylation is 1. The lowest BCUT2D eigenvalue weighted by Gasteiger charge is -1.82. The molecule has 0 aromatic heterocycles. The van der Waals surface area contributed by atoms with Gasteiger partial charge < -0.3 is 20.4 Å². The first kappa shape index (κ1) is 26.6. The summed E-state index contributed by atoms with van der Waals surface area (Å²) in [6, 6.07) is 10.3. The molecule has 0 unspecified atom stereocenters. The quantitative estimate of drug-likeness (QED) is 0.584. The third-order valence-corrected chi connectivity index (χ3v) is 0.940. The number of benzene rings is 1. The van der Waals surface area contributed by atoms with Crippen LogP contribution in [0.25, 0.3) is 0 Å². The minimum absolute atomic E-state index is 0.250. The topological polar surface area (TPSA) is 80.9 Å². The summed E-state index contributed by atoms with van der Waals surface area (Å²) in [6.07, 6.45) is 0. The van der Waals surface area contributed by atoms with Crippen molar-refractivity contribution >= 4 is 0 Å². The van der Waals surface area contributed by atoms with Crippen LogP contribution in [-0.4, -0.2) is 46.9 Å². The number of hydrogen-bond donors (Lipinski definition) is 4. The van der Waals surface area contributed by atoms with E-state index < -0.39 is 0 Å². The summed E-state index contributed by atoms with van der Waals surface area (Å²) in [4.78, 5) is 0. The van der Waals surface area contributed by atoms with E-state index in [9.17, 15) is 0 Å². The second-order valence-corrected chi connectivity index (χ2v) is 2.92. The maximum absolute atomic E-state index is 7.57. The standard InChI is InChI=1S/C7H8.4C2H6O/c1-7-5-3-2-4-6-7;4*1-2-3/h2-6H,1H3;4*3H,2H2,1H3. The van der Waals surface area contributed by atoms with E-state index in [0.29, 0.717) is 0 Å². The van der Waals surface area contributed by atoms with Gasteiger partial charge in [-0.15, -0.1) is 0 Å². The molecule has 1 rings (SSSR count). The van der Waals surface area contributed by atoms with Crippen molar-refractivity contribution in [3.63, 3.8) is 0 Å².